The first-order valence-electron chi connectivity index (χ1n) is 18.0. The van der Waals surface area contributed by atoms with Gasteiger partial charge >= 0.3 is 0 Å². The van der Waals surface area contributed by atoms with Crippen LogP contribution in [0.2, 0.25) is 10.0 Å². The third kappa shape index (κ3) is 11.8. The number of halogens is 2. The molecule has 6 rings (SSSR count). The third-order valence-corrected chi connectivity index (χ3v) is 11.3. The lowest BCUT2D eigenvalue weighted by molar-refractivity contribution is -0.675. The van der Waals surface area contributed by atoms with Gasteiger partial charge in [0, 0.05) is 36.0 Å². The van der Waals surface area contributed by atoms with Crippen molar-refractivity contribution in [2.24, 2.45) is 0 Å². The minimum atomic E-state index is -4.27. The zero-order chi connectivity index (χ0) is 41.2. The van der Waals surface area contributed by atoms with Crippen molar-refractivity contribution in [3.05, 3.63) is 118 Å². The van der Waals surface area contributed by atoms with Crippen LogP contribution in [0.1, 0.15) is 36.6 Å². The molecule has 0 saturated heterocycles. The zero-order valence-corrected chi connectivity index (χ0v) is 35.5. The number of fused-ring (bicyclic) bond motifs is 2. The Morgan fingerprint density at radius 1 is 0.554 bits per heavy atom. The van der Waals surface area contributed by atoms with Gasteiger partial charge in [0.25, 0.3) is 11.6 Å². The predicted molar refractivity (Wildman–Crippen MR) is 215 cm³/mol. The SMILES string of the molecule is CC[n+]1c(C)n(CCOCCOCCn2c(C)[n+](CC)c3ccc(Cl)cc32)c2cc(Cl)ccc21.Cc1ccc(S(=O)(=O)[O-])cc1.Cc1ccc(S(=O)(=O)[O-])cc1. The van der Waals surface area contributed by atoms with Crippen LogP contribution in [0.25, 0.3) is 22.1 Å². The molecule has 16 heteroatoms. The number of nitrogens with zero attached hydrogens (tertiary/aromatic N) is 4. The van der Waals surface area contributed by atoms with Crippen molar-refractivity contribution in [2.75, 3.05) is 26.4 Å². The molecule has 4 aromatic carbocycles. The van der Waals surface area contributed by atoms with Crippen LogP contribution in [0, 0.1) is 27.7 Å². The number of aryl methyl sites for hydroxylation is 4. The largest absolute Gasteiger partial charge is 0.744 e. The monoisotopic (exact) mass is 846 g/mol. The highest BCUT2D eigenvalue weighted by Gasteiger charge is 2.22. The lowest BCUT2D eigenvalue weighted by atomic mass is 10.2. The highest BCUT2D eigenvalue weighted by Crippen LogP contribution is 2.21. The van der Waals surface area contributed by atoms with E-state index in [-0.39, 0.29) is 9.79 Å². The van der Waals surface area contributed by atoms with Gasteiger partial charge in [-0.25, -0.2) is 35.1 Å². The van der Waals surface area contributed by atoms with E-state index >= 15 is 0 Å². The van der Waals surface area contributed by atoms with Gasteiger partial charge < -0.3 is 18.6 Å². The van der Waals surface area contributed by atoms with Gasteiger partial charge in [-0.05, 0) is 76.2 Å². The summed E-state index contributed by atoms with van der Waals surface area (Å²) in [5, 5.41) is 1.50. The van der Waals surface area contributed by atoms with Crippen LogP contribution < -0.4 is 9.13 Å². The first-order valence-corrected chi connectivity index (χ1v) is 21.6. The fourth-order valence-electron chi connectivity index (χ4n) is 6.28. The van der Waals surface area contributed by atoms with E-state index in [0.29, 0.717) is 26.4 Å². The van der Waals surface area contributed by atoms with Gasteiger partial charge in [-0.15, -0.1) is 0 Å². The van der Waals surface area contributed by atoms with Crippen LogP contribution in [-0.4, -0.2) is 61.5 Å². The van der Waals surface area contributed by atoms with Gasteiger partial charge in [-0.3, -0.25) is 0 Å². The van der Waals surface area contributed by atoms with Crippen LogP contribution in [-0.2, 0) is 55.9 Å². The summed E-state index contributed by atoms with van der Waals surface area (Å²) in [6.45, 7) is 18.0. The molecular formula is C40H48Cl2N4O8S2. The molecule has 0 amide bonds. The molecule has 0 saturated carbocycles. The highest BCUT2D eigenvalue weighted by molar-refractivity contribution is 7.86. The van der Waals surface area contributed by atoms with Gasteiger partial charge in [-0.1, -0.05) is 58.6 Å². The molecule has 0 fully saturated rings. The third-order valence-electron chi connectivity index (χ3n) is 9.14. The van der Waals surface area contributed by atoms with Crippen LogP contribution >= 0.6 is 23.2 Å². The van der Waals surface area contributed by atoms with Gasteiger partial charge in [-0.2, -0.15) is 0 Å². The van der Waals surface area contributed by atoms with Crippen molar-refractivity contribution >= 4 is 65.5 Å². The Hall–Kier alpha value is -3.86. The molecule has 0 atom stereocenters. The molecule has 0 unspecified atom stereocenters. The fourth-order valence-corrected chi connectivity index (χ4v) is 7.55. The number of aromatic nitrogens is 4. The Bertz CT molecular complexity index is 2290. The summed E-state index contributed by atoms with van der Waals surface area (Å²) < 4.78 is 83.3. The van der Waals surface area contributed by atoms with Crippen LogP contribution in [0.5, 0.6) is 0 Å². The quantitative estimate of drug-likeness (QED) is 0.0711. The molecule has 12 nitrogen and oxygen atoms in total. The summed E-state index contributed by atoms with van der Waals surface area (Å²) in [6.07, 6.45) is 0. The summed E-state index contributed by atoms with van der Waals surface area (Å²) >= 11 is 12.5. The molecule has 0 spiro atoms. The van der Waals surface area contributed by atoms with E-state index in [1.165, 1.54) is 46.9 Å². The van der Waals surface area contributed by atoms with Crippen molar-refractivity contribution < 1.29 is 44.5 Å². The maximum Gasteiger partial charge on any atom is 0.254 e. The van der Waals surface area contributed by atoms with Crippen LogP contribution in [0.4, 0.5) is 0 Å². The summed E-state index contributed by atoms with van der Waals surface area (Å²) in [5.74, 6) is 2.41. The lowest BCUT2D eigenvalue weighted by Gasteiger charge is -2.06. The molecule has 0 bridgehead atoms. The van der Waals surface area contributed by atoms with E-state index < -0.39 is 20.2 Å². The van der Waals surface area contributed by atoms with Crippen molar-refractivity contribution in [1.82, 2.24) is 9.13 Å². The molecule has 0 aliphatic heterocycles. The van der Waals surface area contributed by atoms with E-state index in [0.717, 1.165) is 58.4 Å². The Morgan fingerprint density at radius 2 is 0.893 bits per heavy atom. The molecule has 0 aliphatic carbocycles. The van der Waals surface area contributed by atoms with Gasteiger partial charge in [0.2, 0.25) is 0 Å². The number of benzene rings is 4. The number of hydrogen-bond donors (Lipinski definition) is 0. The zero-order valence-electron chi connectivity index (χ0n) is 32.4. The average Bonchev–Trinajstić information content (AvgIpc) is 3.56. The minimum absolute atomic E-state index is 0.178. The summed E-state index contributed by atoms with van der Waals surface area (Å²) in [5.41, 5.74) is 6.54. The Labute approximate surface area is 339 Å². The first kappa shape index (κ1) is 44.8. The Balaban J connectivity index is 0.000000256. The number of ether oxygens (including phenoxy) is 2. The van der Waals surface area contributed by atoms with Gasteiger partial charge in [0.15, 0.2) is 22.1 Å². The standard InChI is InChI=1S/C26H34Cl2N4O2.2C7H8O3S/c1-5-29-19(3)31(25-17-21(27)7-9-23(25)29)11-13-33-15-16-34-14-12-32-20(4)30(6-2)24-10-8-22(28)18-26(24)32;2*1-6-2-4-7(5-3-6)11(8,9)10/h7-10,17-18H,5-6,11-16H2,1-4H3;2*2-5H,1H3,(H,8,9,10)/q+2;;/p-2. The van der Waals surface area contributed by atoms with Crippen molar-refractivity contribution in [1.29, 1.82) is 0 Å². The van der Waals surface area contributed by atoms with E-state index in [1.807, 2.05) is 38.1 Å². The maximum absolute atomic E-state index is 10.4. The summed E-state index contributed by atoms with van der Waals surface area (Å²) in [7, 11) is -8.54. The van der Waals surface area contributed by atoms with Crippen molar-refractivity contribution in [3.63, 3.8) is 0 Å². The summed E-state index contributed by atoms with van der Waals surface area (Å²) in [6, 6.07) is 23.7. The van der Waals surface area contributed by atoms with Crippen molar-refractivity contribution in [3.8, 4) is 0 Å². The minimum Gasteiger partial charge on any atom is -0.744 e. The predicted octanol–water partition coefficient (Wildman–Crippen LogP) is 6.67. The normalized spacial score (nSPS) is 11.7. The second-order valence-corrected chi connectivity index (χ2v) is 16.5. The Kier molecular flexibility index (Phi) is 16.0. The van der Waals surface area contributed by atoms with E-state index in [9.17, 15) is 25.9 Å². The van der Waals surface area contributed by atoms with E-state index in [4.69, 9.17) is 32.7 Å². The Morgan fingerprint density at radius 3 is 1.20 bits per heavy atom. The maximum atomic E-state index is 10.4. The molecule has 0 radical (unpaired) electrons. The van der Waals surface area contributed by atoms with Crippen molar-refractivity contribution in [2.45, 2.75) is 77.5 Å². The number of hydrogen-bond acceptors (Lipinski definition) is 8. The molecule has 302 valence electrons. The molecule has 2 aromatic heterocycles. The lowest BCUT2D eigenvalue weighted by Crippen LogP contribution is -2.35. The molecule has 0 aliphatic rings. The smallest absolute Gasteiger partial charge is 0.254 e. The van der Waals surface area contributed by atoms with Crippen LogP contribution in [0.3, 0.4) is 0 Å². The second kappa shape index (κ2) is 20.0. The fraction of sp³-hybridized carbons (Fsp3) is 0.350. The second-order valence-electron chi connectivity index (χ2n) is 12.9. The first-order chi connectivity index (χ1) is 26.5. The van der Waals surface area contributed by atoms with Gasteiger partial charge in [0.1, 0.15) is 33.3 Å². The summed E-state index contributed by atoms with van der Waals surface area (Å²) in [4.78, 5) is -0.355. The molecule has 56 heavy (non-hydrogen) atoms. The van der Waals surface area contributed by atoms with E-state index in [2.05, 4.69) is 58.1 Å². The average molecular weight is 848 g/mol. The van der Waals surface area contributed by atoms with E-state index in [1.54, 1.807) is 24.3 Å². The highest BCUT2D eigenvalue weighted by atomic mass is 35.5. The van der Waals surface area contributed by atoms with Crippen LogP contribution in [0.15, 0.2) is 94.7 Å². The number of rotatable bonds is 13. The number of imidazole rings is 2. The topological polar surface area (TPSA) is 150 Å². The van der Waals surface area contributed by atoms with Gasteiger partial charge in [0.05, 0.1) is 49.3 Å². The molecule has 6 aromatic rings. The molecular weight excluding hydrogens is 800 g/mol. The molecule has 2 heterocycles. The molecule has 0 N–H and O–H groups in total.